The quantitative estimate of drug-likeness (QED) is 0.838. The maximum atomic E-state index is 12.9. The van der Waals surface area contributed by atoms with Crippen molar-refractivity contribution in [3.05, 3.63) is 23.0 Å². The number of imidazole rings is 1. The molecule has 23 heavy (non-hydrogen) atoms. The molecule has 0 radical (unpaired) electrons. The molecule has 4 rings (SSSR count). The Kier molecular flexibility index (Phi) is 3.38. The molecule has 122 valence electrons. The summed E-state index contributed by atoms with van der Waals surface area (Å²) >= 11 is 1.53. The highest BCUT2D eigenvalue weighted by atomic mass is 32.1. The first kappa shape index (κ1) is 14.6. The molecule has 1 N–H and O–H groups in total. The molecule has 7 nitrogen and oxygen atoms in total. The zero-order valence-corrected chi connectivity index (χ0v) is 13.7. The Bertz CT molecular complexity index is 761. The lowest BCUT2D eigenvalue weighted by Crippen LogP contribution is -2.58. The topological polar surface area (TPSA) is 75.9 Å². The molecule has 4 heterocycles. The molecule has 0 atom stereocenters. The van der Waals surface area contributed by atoms with Crippen LogP contribution in [0, 0.1) is 6.92 Å². The zero-order chi connectivity index (χ0) is 16.0. The summed E-state index contributed by atoms with van der Waals surface area (Å²) in [6, 6.07) is 0. The van der Waals surface area contributed by atoms with E-state index in [1.54, 1.807) is 0 Å². The number of ether oxygens (including phenoxy) is 1. The van der Waals surface area contributed by atoms with Crippen molar-refractivity contribution in [2.75, 3.05) is 26.2 Å². The number of fused-ring (bicyclic) bond motifs is 1. The number of rotatable bonds is 1. The summed E-state index contributed by atoms with van der Waals surface area (Å²) in [5, 5.41) is 4.80. The van der Waals surface area contributed by atoms with Gasteiger partial charge in [0.1, 0.15) is 12.3 Å². The summed E-state index contributed by atoms with van der Waals surface area (Å²) in [7, 11) is 0. The fourth-order valence-electron chi connectivity index (χ4n) is 3.32. The molecule has 0 aliphatic carbocycles. The van der Waals surface area contributed by atoms with Crippen LogP contribution in [-0.2, 0) is 9.53 Å². The largest absolute Gasteiger partial charge is 0.363 e. The number of carbonyl (C=O) groups excluding carboxylic acids is 2. The van der Waals surface area contributed by atoms with Crippen molar-refractivity contribution in [2.45, 2.75) is 25.4 Å². The lowest BCUT2D eigenvalue weighted by Gasteiger charge is -2.43. The Morgan fingerprint density at radius 1 is 1.43 bits per heavy atom. The third kappa shape index (κ3) is 2.42. The number of amides is 2. The maximum absolute atomic E-state index is 12.9. The lowest BCUT2D eigenvalue weighted by atomic mass is 9.90. The fraction of sp³-hybridized carbons (Fsp3) is 0.533. The first-order valence-corrected chi connectivity index (χ1v) is 8.58. The van der Waals surface area contributed by atoms with Crippen LogP contribution >= 0.6 is 11.3 Å². The van der Waals surface area contributed by atoms with E-state index in [4.69, 9.17) is 4.74 Å². The van der Waals surface area contributed by atoms with E-state index in [9.17, 15) is 9.59 Å². The van der Waals surface area contributed by atoms with Crippen molar-refractivity contribution in [2.24, 2.45) is 0 Å². The van der Waals surface area contributed by atoms with E-state index in [1.807, 2.05) is 27.8 Å². The summed E-state index contributed by atoms with van der Waals surface area (Å²) < 4.78 is 7.62. The predicted octanol–water partition coefficient (Wildman–Crippen LogP) is 0.825. The summed E-state index contributed by atoms with van der Waals surface area (Å²) in [5.41, 5.74) is 1.10. The van der Waals surface area contributed by atoms with Crippen molar-refractivity contribution in [1.29, 1.82) is 0 Å². The molecule has 0 aromatic carbocycles. The highest BCUT2D eigenvalue weighted by molar-refractivity contribution is 7.15. The summed E-state index contributed by atoms with van der Waals surface area (Å²) in [5.74, 6) is -0.0491. The second-order valence-corrected chi connectivity index (χ2v) is 7.02. The van der Waals surface area contributed by atoms with Gasteiger partial charge in [-0.25, -0.2) is 4.98 Å². The fourth-order valence-corrected chi connectivity index (χ4v) is 4.08. The average molecular weight is 334 g/mol. The highest BCUT2D eigenvalue weighted by Crippen LogP contribution is 2.29. The molecule has 8 heteroatoms. The third-order valence-corrected chi connectivity index (χ3v) is 5.47. The molecule has 2 aliphatic heterocycles. The molecule has 0 saturated carbocycles. The number of piperidine rings is 1. The van der Waals surface area contributed by atoms with Gasteiger partial charge in [-0.05, 0) is 19.8 Å². The second-order valence-electron chi connectivity index (χ2n) is 6.14. The SMILES string of the molecule is Cc1nc2sccn2c1C(=O)N1CCC2(CC1)CNC(=O)CO2. The molecular formula is C15H18N4O3S. The minimum absolute atomic E-state index is 0.0168. The van der Waals surface area contributed by atoms with Gasteiger partial charge in [0.15, 0.2) is 4.96 Å². The molecule has 0 unspecified atom stereocenters. The van der Waals surface area contributed by atoms with Crippen molar-refractivity contribution in [1.82, 2.24) is 19.6 Å². The van der Waals surface area contributed by atoms with E-state index >= 15 is 0 Å². The molecule has 2 fully saturated rings. The van der Waals surface area contributed by atoms with E-state index in [0.717, 1.165) is 23.5 Å². The van der Waals surface area contributed by atoms with Crippen LogP contribution < -0.4 is 5.32 Å². The van der Waals surface area contributed by atoms with Gasteiger partial charge in [0.05, 0.1) is 11.3 Å². The molecule has 2 aromatic heterocycles. The highest BCUT2D eigenvalue weighted by Gasteiger charge is 2.40. The number of hydrogen-bond donors (Lipinski definition) is 1. The molecule has 2 amide bonds. The number of aromatic nitrogens is 2. The van der Waals surface area contributed by atoms with Crippen molar-refractivity contribution >= 4 is 28.1 Å². The number of thiazole rings is 1. The summed E-state index contributed by atoms with van der Waals surface area (Å²) in [6.45, 7) is 3.79. The van der Waals surface area contributed by atoms with Gasteiger partial charge < -0.3 is 15.0 Å². The number of nitrogens with one attached hydrogen (secondary N) is 1. The summed E-state index contributed by atoms with van der Waals surface area (Å²) in [6.07, 6.45) is 3.37. The maximum Gasteiger partial charge on any atom is 0.272 e. The number of likely N-dealkylation sites (tertiary alicyclic amines) is 1. The predicted molar refractivity (Wildman–Crippen MR) is 84.6 cm³/mol. The molecular weight excluding hydrogens is 316 g/mol. The lowest BCUT2D eigenvalue weighted by molar-refractivity contribution is -0.149. The summed E-state index contributed by atoms with van der Waals surface area (Å²) in [4.78, 5) is 31.3. The second kappa shape index (κ2) is 5.31. The van der Waals surface area contributed by atoms with Crippen LogP contribution in [0.5, 0.6) is 0 Å². The van der Waals surface area contributed by atoms with E-state index < -0.39 is 0 Å². The van der Waals surface area contributed by atoms with Crippen molar-refractivity contribution in [3.8, 4) is 0 Å². The van der Waals surface area contributed by atoms with Crippen LogP contribution in [0.2, 0.25) is 0 Å². The number of aryl methyl sites for hydroxylation is 1. The van der Waals surface area contributed by atoms with Gasteiger partial charge in [-0.2, -0.15) is 0 Å². The third-order valence-electron chi connectivity index (χ3n) is 4.72. The first-order valence-electron chi connectivity index (χ1n) is 7.70. The van der Waals surface area contributed by atoms with Crippen molar-refractivity contribution in [3.63, 3.8) is 0 Å². The van der Waals surface area contributed by atoms with Gasteiger partial charge in [0.25, 0.3) is 5.91 Å². The van der Waals surface area contributed by atoms with E-state index in [-0.39, 0.29) is 24.0 Å². The van der Waals surface area contributed by atoms with E-state index in [2.05, 4.69) is 10.3 Å². The standard InChI is InChI=1S/C15H18N4O3S/c1-10-12(19-6-7-23-14(19)17-10)13(21)18-4-2-15(3-5-18)9-16-11(20)8-22-15/h6-7H,2-5,8-9H2,1H3,(H,16,20). The number of hydrogen-bond acceptors (Lipinski definition) is 5. The zero-order valence-electron chi connectivity index (χ0n) is 12.9. The number of morpholine rings is 1. The van der Waals surface area contributed by atoms with Gasteiger partial charge in [-0.1, -0.05) is 0 Å². The Balaban J connectivity index is 1.50. The normalized spacial score (nSPS) is 20.9. The molecule has 0 bridgehead atoms. The van der Waals surface area contributed by atoms with Crippen LogP contribution in [0.15, 0.2) is 11.6 Å². The minimum Gasteiger partial charge on any atom is -0.363 e. The van der Waals surface area contributed by atoms with Crippen LogP contribution in [0.25, 0.3) is 4.96 Å². The van der Waals surface area contributed by atoms with Gasteiger partial charge >= 0.3 is 0 Å². The van der Waals surface area contributed by atoms with Crippen LogP contribution in [0.4, 0.5) is 0 Å². The Hall–Kier alpha value is -1.93. The van der Waals surface area contributed by atoms with Crippen LogP contribution in [-0.4, -0.2) is 57.9 Å². The molecule has 2 aliphatic rings. The van der Waals surface area contributed by atoms with Crippen LogP contribution in [0.3, 0.4) is 0 Å². The van der Waals surface area contributed by atoms with Gasteiger partial charge in [0.2, 0.25) is 5.91 Å². The monoisotopic (exact) mass is 334 g/mol. The van der Waals surface area contributed by atoms with Crippen molar-refractivity contribution < 1.29 is 14.3 Å². The van der Waals surface area contributed by atoms with E-state index in [0.29, 0.717) is 25.3 Å². The molecule has 2 saturated heterocycles. The Labute approximate surface area is 137 Å². The average Bonchev–Trinajstić information content (AvgIpc) is 3.10. The van der Waals surface area contributed by atoms with Gasteiger partial charge in [0, 0.05) is 31.2 Å². The number of carbonyl (C=O) groups is 2. The van der Waals surface area contributed by atoms with Gasteiger partial charge in [-0.3, -0.25) is 14.0 Å². The number of nitrogens with zero attached hydrogens (tertiary/aromatic N) is 3. The first-order chi connectivity index (χ1) is 11.1. The smallest absolute Gasteiger partial charge is 0.272 e. The Morgan fingerprint density at radius 3 is 2.91 bits per heavy atom. The van der Waals surface area contributed by atoms with Gasteiger partial charge in [-0.15, -0.1) is 11.3 Å². The van der Waals surface area contributed by atoms with E-state index in [1.165, 1.54) is 11.3 Å². The molecule has 2 aromatic rings. The van der Waals surface area contributed by atoms with Crippen LogP contribution in [0.1, 0.15) is 29.0 Å². The Morgan fingerprint density at radius 2 is 2.22 bits per heavy atom. The molecule has 1 spiro atoms. The minimum atomic E-state index is -0.311.